The molecule has 7 nitrogen and oxygen atoms in total. The number of aryl methyl sites for hydroxylation is 2. The number of pyridine rings is 1. The molecule has 2 N–H and O–H groups in total. The summed E-state index contributed by atoms with van der Waals surface area (Å²) in [5.41, 5.74) is 0.651. The standard InChI is InChI=1S/C22H28FN3O4S/c1-14-7-8-15(2)17(12-14)30-22(3,4)21(27)26-16-9-11-24-13-19(16)31(28,29)18-6-5-10-25-20(18)23/h5-8,10,12,16,19,24H,9,11,13H2,1-4H3,(H,26,27)/t16-,19-/m0/s1. The molecule has 0 unspecified atom stereocenters. The number of hydrogen-bond acceptors (Lipinski definition) is 6. The van der Waals surface area contributed by atoms with Crippen LogP contribution < -0.4 is 15.4 Å². The molecule has 9 heteroatoms. The zero-order chi connectivity index (χ0) is 22.8. The summed E-state index contributed by atoms with van der Waals surface area (Å²) in [6, 6.07) is 7.60. The Hall–Kier alpha value is -2.52. The quantitative estimate of drug-likeness (QED) is 0.657. The molecule has 2 heterocycles. The van der Waals surface area contributed by atoms with Crippen LogP contribution in [0.3, 0.4) is 0 Å². The average Bonchev–Trinajstić information content (AvgIpc) is 2.71. The molecule has 31 heavy (non-hydrogen) atoms. The lowest BCUT2D eigenvalue weighted by molar-refractivity contribution is -0.135. The van der Waals surface area contributed by atoms with E-state index in [9.17, 15) is 17.6 Å². The Morgan fingerprint density at radius 2 is 2.03 bits per heavy atom. The van der Waals surface area contributed by atoms with Gasteiger partial charge in [0.15, 0.2) is 15.4 Å². The van der Waals surface area contributed by atoms with E-state index in [1.807, 2.05) is 32.0 Å². The van der Waals surface area contributed by atoms with Crippen LogP contribution in [0.1, 0.15) is 31.4 Å². The molecule has 0 radical (unpaired) electrons. The summed E-state index contributed by atoms with van der Waals surface area (Å²) in [4.78, 5) is 16.1. The monoisotopic (exact) mass is 449 g/mol. The van der Waals surface area contributed by atoms with Crippen molar-refractivity contribution in [2.24, 2.45) is 0 Å². The van der Waals surface area contributed by atoms with Crippen LogP contribution in [0.15, 0.2) is 41.4 Å². The summed E-state index contributed by atoms with van der Waals surface area (Å²) in [7, 11) is -4.06. The topological polar surface area (TPSA) is 97.4 Å². The van der Waals surface area contributed by atoms with Crippen LogP contribution in [0.25, 0.3) is 0 Å². The fraction of sp³-hybridized carbons (Fsp3) is 0.455. The van der Waals surface area contributed by atoms with Gasteiger partial charge in [-0.2, -0.15) is 4.39 Å². The Morgan fingerprint density at radius 1 is 1.29 bits per heavy atom. The van der Waals surface area contributed by atoms with E-state index in [2.05, 4.69) is 15.6 Å². The third kappa shape index (κ3) is 5.04. The van der Waals surface area contributed by atoms with E-state index in [1.165, 1.54) is 18.3 Å². The van der Waals surface area contributed by atoms with E-state index in [0.29, 0.717) is 18.7 Å². The minimum atomic E-state index is -4.06. The first-order valence-corrected chi connectivity index (χ1v) is 11.7. The summed E-state index contributed by atoms with van der Waals surface area (Å²) in [6.45, 7) is 7.72. The maximum atomic E-state index is 14.1. The predicted octanol–water partition coefficient (Wildman–Crippen LogP) is 2.32. The third-order valence-electron chi connectivity index (χ3n) is 5.43. The second kappa shape index (κ2) is 8.92. The van der Waals surface area contributed by atoms with Gasteiger partial charge in [-0.3, -0.25) is 4.79 Å². The lowest BCUT2D eigenvalue weighted by Crippen LogP contribution is -2.59. The van der Waals surface area contributed by atoms with Crippen LogP contribution in [0.5, 0.6) is 5.75 Å². The molecular weight excluding hydrogens is 421 g/mol. The summed E-state index contributed by atoms with van der Waals surface area (Å²) < 4.78 is 46.3. The number of rotatable bonds is 6. The molecule has 0 spiro atoms. The average molecular weight is 450 g/mol. The number of piperidine rings is 1. The largest absolute Gasteiger partial charge is 0.478 e. The Labute approximate surface area is 182 Å². The van der Waals surface area contributed by atoms with Crippen molar-refractivity contribution in [1.82, 2.24) is 15.6 Å². The van der Waals surface area contributed by atoms with Gasteiger partial charge in [0, 0.05) is 18.8 Å². The zero-order valence-electron chi connectivity index (χ0n) is 18.1. The molecule has 1 aliphatic rings. The number of halogens is 1. The molecule has 1 amide bonds. The molecule has 0 saturated carbocycles. The smallest absolute Gasteiger partial charge is 0.263 e. The van der Waals surface area contributed by atoms with E-state index in [4.69, 9.17) is 4.74 Å². The molecule has 1 fully saturated rings. The Kier molecular flexibility index (Phi) is 6.66. The third-order valence-corrected chi connectivity index (χ3v) is 7.64. The fourth-order valence-corrected chi connectivity index (χ4v) is 5.40. The lowest BCUT2D eigenvalue weighted by Gasteiger charge is -2.35. The van der Waals surface area contributed by atoms with Gasteiger partial charge in [0.1, 0.15) is 10.6 Å². The van der Waals surface area contributed by atoms with Crippen LogP contribution in [0.2, 0.25) is 0 Å². The number of nitrogens with zero attached hydrogens (tertiary/aromatic N) is 1. The van der Waals surface area contributed by atoms with Crippen molar-refractivity contribution in [1.29, 1.82) is 0 Å². The van der Waals surface area contributed by atoms with E-state index in [1.54, 1.807) is 13.8 Å². The summed E-state index contributed by atoms with van der Waals surface area (Å²) in [5.74, 6) is -0.893. The summed E-state index contributed by atoms with van der Waals surface area (Å²) in [6.07, 6.45) is 1.58. The van der Waals surface area contributed by atoms with Gasteiger partial charge in [-0.1, -0.05) is 12.1 Å². The minimum Gasteiger partial charge on any atom is -0.478 e. The van der Waals surface area contributed by atoms with Gasteiger partial charge in [-0.15, -0.1) is 0 Å². The number of aromatic nitrogens is 1. The van der Waals surface area contributed by atoms with Crippen molar-refractivity contribution in [3.8, 4) is 5.75 Å². The number of nitrogens with one attached hydrogen (secondary N) is 2. The van der Waals surface area contributed by atoms with Crippen LogP contribution in [-0.2, 0) is 14.6 Å². The van der Waals surface area contributed by atoms with Crippen molar-refractivity contribution < 1.29 is 22.3 Å². The zero-order valence-corrected chi connectivity index (χ0v) is 18.9. The molecule has 1 aliphatic heterocycles. The van der Waals surface area contributed by atoms with E-state index >= 15 is 0 Å². The van der Waals surface area contributed by atoms with Gasteiger partial charge in [0.25, 0.3) is 5.91 Å². The molecule has 2 aromatic rings. The molecule has 2 atom stereocenters. The van der Waals surface area contributed by atoms with Gasteiger partial charge < -0.3 is 15.4 Å². The molecule has 1 aromatic carbocycles. The number of sulfone groups is 1. The highest BCUT2D eigenvalue weighted by Gasteiger charge is 2.41. The van der Waals surface area contributed by atoms with Gasteiger partial charge >= 0.3 is 0 Å². The Bertz CT molecular complexity index is 1070. The number of amides is 1. The van der Waals surface area contributed by atoms with Crippen LogP contribution in [-0.4, -0.2) is 49.3 Å². The second-order valence-electron chi connectivity index (χ2n) is 8.33. The Balaban J connectivity index is 1.81. The SMILES string of the molecule is Cc1ccc(C)c(OC(C)(C)C(=O)N[C@H]2CCNC[C@@H]2S(=O)(=O)c2cccnc2F)c1. The van der Waals surface area contributed by atoms with E-state index in [0.717, 1.165) is 11.1 Å². The number of carbonyl (C=O) groups is 1. The van der Waals surface area contributed by atoms with Gasteiger partial charge in [-0.25, -0.2) is 13.4 Å². The van der Waals surface area contributed by atoms with Crippen LogP contribution in [0.4, 0.5) is 4.39 Å². The first-order valence-electron chi connectivity index (χ1n) is 10.1. The van der Waals surface area contributed by atoms with Crippen molar-refractivity contribution >= 4 is 15.7 Å². The minimum absolute atomic E-state index is 0.0971. The highest BCUT2D eigenvalue weighted by atomic mass is 32.2. The number of carbonyl (C=O) groups excluding carboxylic acids is 1. The number of ether oxygens (including phenoxy) is 1. The van der Waals surface area contributed by atoms with E-state index < -0.39 is 43.5 Å². The molecule has 3 rings (SSSR count). The normalized spacial score (nSPS) is 19.6. The molecule has 1 aromatic heterocycles. The molecule has 168 valence electrons. The molecule has 0 bridgehead atoms. The summed E-state index contributed by atoms with van der Waals surface area (Å²) in [5, 5.41) is 4.83. The summed E-state index contributed by atoms with van der Waals surface area (Å²) >= 11 is 0. The highest BCUT2D eigenvalue weighted by molar-refractivity contribution is 7.92. The molecular formula is C22H28FN3O4S. The lowest BCUT2D eigenvalue weighted by atomic mass is 10.0. The maximum absolute atomic E-state index is 14.1. The second-order valence-corrected chi connectivity index (χ2v) is 10.5. The van der Waals surface area contributed by atoms with E-state index in [-0.39, 0.29) is 6.54 Å². The Morgan fingerprint density at radius 3 is 2.74 bits per heavy atom. The van der Waals surface area contributed by atoms with Gasteiger partial charge in [-0.05, 0) is 70.0 Å². The van der Waals surface area contributed by atoms with Crippen molar-refractivity contribution in [3.05, 3.63) is 53.6 Å². The van der Waals surface area contributed by atoms with Gasteiger partial charge in [0.05, 0.1) is 5.25 Å². The molecule has 0 aliphatic carbocycles. The molecule has 1 saturated heterocycles. The highest BCUT2D eigenvalue weighted by Crippen LogP contribution is 2.26. The van der Waals surface area contributed by atoms with Crippen molar-refractivity contribution in [2.75, 3.05) is 13.1 Å². The first kappa shape index (κ1) is 23.1. The maximum Gasteiger partial charge on any atom is 0.263 e. The van der Waals surface area contributed by atoms with Gasteiger partial charge in [0.2, 0.25) is 5.95 Å². The van der Waals surface area contributed by atoms with Crippen LogP contribution >= 0.6 is 0 Å². The fourth-order valence-electron chi connectivity index (χ4n) is 3.55. The van der Waals surface area contributed by atoms with Crippen molar-refractivity contribution in [2.45, 2.75) is 55.9 Å². The van der Waals surface area contributed by atoms with Crippen molar-refractivity contribution in [3.63, 3.8) is 0 Å². The number of benzene rings is 1. The van der Waals surface area contributed by atoms with Crippen LogP contribution in [0, 0.1) is 19.8 Å². The number of hydrogen-bond donors (Lipinski definition) is 2. The first-order chi connectivity index (χ1) is 14.5. The predicted molar refractivity (Wildman–Crippen MR) is 115 cm³/mol.